The molecule has 0 spiro atoms. The molecule has 0 bridgehead atoms. The van der Waals surface area contributed by atoms with Crippen LogP contribution >= 0.6 is 0 Å². The van der Waals surface area contributed by atoms with E-state index in [4.69, 9.17) is 5.73 Å². The predicted molar refractivity (Wildman–Crippen MR) is 50.6 cm³/mol. The number of hydrogen-bond donors (Lipinski definition) is 1. The topological polar surface area (TPSA) is 29.3 Å². The Labute approximate surface area is 70.8 Å². The molecular weight excluding hydrogens is 136 g/mol. The van der Waals surface area contributed by atoms with E-state index in [1.807, 2.05) is 0 Å². The van der Waals surface area contributed by atoms with E-state index in [1.165, 1.54) is 6.42 Å². The summed E-state index contributed by atoms with van der Waals surface area (Å²) in [7, 11) is 2.13. The highest BCUT2D eigenvalue weighted by atomic mass is 15.1. The van der Waals surface area contributed by atoms with Gasteiger partial charge in [0, 0.05) is 12.6 Å². The van der Waals surface area contributed by atoms with E-state index in [0.717, 1.165) is 13.1 Å². The summed E-state index contributed by atoms with van der Waals surface area (Å²) in [6.45, 7) is 8.71. The van der Waals surface area contributed by atoms with Crippen LogP contribution in [-0.2, 0) is 0 Å². The van der Waals surface area contributed by atoms with Gasteiger partial charge in [-0.3, -0.25) is 0 Å². The van der Waals surface area contributed by atoms with Gasteiger partial charge in [-0.25, -0.2) is 0 Å². The van der Waals surface area contributed by atoms with Crippen LogP contribution in [0.15, 0.2) is 0 Å². The second kappa shape index (κ2) is 5.56. The quantitative estimate of drug-likeness (QED) is 0.653. The maximum absolute atomic E-state index is 5.91. The van der Waals surface area contributed by atoms with Gasteiger partial charge in [-0.1, -0.05) is 20.8 Å². The predicted octanol–water partition coefficient (Wildman–Crippen LogP) is 1.31. The summed E-state index contributed by atoms with van der Waals surface area (Å²) in [5, 5.41) is 0. The van der Waals surface area contributed by atoms with Crippen LogP contribution in [0.5, 0.6) is 0 Å². The zero-order valence-corrected chi connectivity index (χ0v) is 8.30. The molecule has 0 rings (SSSR count). The van der Waals surface area contributed by atoms with Crippen molar-refractivity contribution in [3.8, 4) is 0 Å². The van der Waals surface area contributed by atoms with Crippen molar-refractivity contribution in [2.45, 2.75) is 33.2 Å². The maximum Gasteiger partial charge on any atom is 0.0191 e. The summed E-state index contributed by atoms with van der Waals surface area (Å²) in [6, 6.07) is 0.326. The van der Waals surface area contributed by atoms with E-state index in [1.54, 1.807) is 0 Å². The smallest absolute Gasteiger partial charge is 0.0191 e. The molecule has 2 nitrogen and oxygen atoms in total. The van der Waals surface area contributed by atoms with Crippen molar-refractivity contribution in [1.82, 2.24) is 4.90 Å². The third-order valence-corrected chi connectivity index (χ3v) is 1.98. The Balaban J connectivity index is 3.48. The fraction of sp³-hybridized carbons (Fsp3) is 1.00. The molecule has 1 unspecified atom stereocenters. The lowest BCUT2D eigenvalue weighted by atomic mass is 10.1. The molecular formula is C9H22N2. The third kappa shape index (κ3) is 5.22. The Hall–Kier alpha value is -0.0800. The lowest BCUT2D eigenvalue weighted by molar-refractivity contribution is 0.284. The molecule has 0 aromatic heterocycles. The highest BCUT2D eigenvalue weighted by molar-refractivity contribution is 4.68. The van der Waals surface area contributed by atoms with E-state index in [2.05, 4.69) is 32.7 Å². The van der Waals surface area contributed by atoms with E-state index < -0.39 is 0 Å². The summed E-state index contributed by atoms with van der Waals surface area (Å²) in [5.41, 5.74) is 5.91. The first-order valence-electron chi connectivity index (χ1n) is 4.52. The van der Waals surface area contributed by atoms with Crippen LogP contribution in [0.25, 0.3) is 0 Å². The second-order valence-electron chi connectivity index (χ2n) is 3.67. The molecule has 0 fully saturated rings. The molecule has 0 saturated carbocycles. The lowest BCUT2D eigenvalue weighted by Gasteiger charge is -2.22. The molecule has 68 valence electrons. The summed E-state index contributed by atoms with van der Waals surface area (Å²) in [6.07, 6.45) is 1.21. The van der Waals surface area contributed by atoms with Crippen molar-refractivity contribution >= 4 is 0 Å². The monoisotopic (exact) mass is 158 g/mol. The summed E-state index contributed by atoms with van der Waals surface area (Å²) < 4.78 is 0. The summed E-state index contributed by atoms with van der Waals surface area (Å²) in [5.74, 6) is 0.592. The van der Waals surface area contributed by atoms with Gasteiger partial charge < -0.3 is 10.6 Å². The largest absolute Gasteiger partial charge is 0.326 e. The minimum atomic E-state index is 0.326. The fourth-order valence-corrected chi connectivity index (χ4v) is 1.04. The Morgan fingerprint density at radius 3 is 2.27 bits per heavy atom. The average molecular weight is 158 g/mol. The molecule has 0 amide bonds. The SMILES string of the molecule is CCCN(C)CC(N)C(C)C. The van der Waals surface area contributed by atoms with Crippen molar-refractivity contribution < 1.29 is 0 Å². The van der Waals surface area contributed by atoms with Gasteiger partial charge in [0.2, 0.25) is 0 Å². The van der Waals surface area contributed by atoms with Crippen LogP contribution < -0.4 is 5.73 Å². The zero-order chi connectivity index (χ0) is 8.85. The summed E-state index contributed by atoms with van der Waals surface area (Å²) >= 11 is 0. The molecule has 0 aromatic carbocycles. The van der Waals surface area contributed by atoms with Crippen LogP contribution in [0.3, 0.4) is 0 Å². The minimum absolute atomic E-state index is 0.326. The first-order valence-corrected chi connectivity index (χ1v) is 4.52. The standard InChI is InChI=1S/C9H22N2/c1-5-6-11(4)7-9(10)8(2)3/h8-9H,5-7,10H2,1-4H3. The second-order valence-corrected chi connectivity index (χ2v) is 3.67. The molecule has 0 aliphatic heterocycles. The van der Waals surface area contributed by atoms with Crippen LogP contribution in [0.4, 0.5) is 0 Å². The highest BCUT2D eigenvalue weighted by Crippen LogP contribution is 1.99. The van der Waals surface area contributed by atoms with Crippen LogP contribution in [0.1, 0.15) is 27.2 Å². The number of likely N-dealkylation sites (N-methyl/N-ethyl adjacent to an activating group) is 1. The maximum atomic E-state index is 5.91. The van der Waals surface area contributed by atoms with Crippen molar-refractivity contribution in [1.29, 1.82) is 0 Å². The van der Waals surface area contributed by atoms with Crippen molar-refractivity contribution in [2.75, 3.05) is 20.1 Å². The minimum Gasteiger partial charge on any atom is -0.326 e. The Morgan fingerprint density at radius 1 is 1.36 bits per heavy atom. The number of hydrogen-bond acceptors (Lipinski definition) is 2. The molecule has 11 heavy (non-hydrogen) atoms. The first kappa shape index (κ1) is 10.9. The van der Waals surface area contributed by atoms with Gasteiger partial charge in [-0.2, -0.15) is 0 Å². The van der Waals surface area contributed by atoms with Gasteiger partial charge in [-0.15, -0.1) is 0 Å². The molecule has 0 aromatic rings. The van der Waals surface area contributed by atoms with Crippen LogP contribution in [0, 0.1) is 5.92 Å². The lowest BCUT2D eigenvalue weighted by Crippen LogP contribution is -2.39. The molecule has 0 saturated heterocycles. The molecule has 2 N–H and O–H groups in total. The normalized spacial score (nSPS) is 14.5. The molecule has 0 aliphatic carbocycles. The Morgan fingerprint density at radius 2 is 1.91 bits per heavy atom. The van der Waals surface area contributed by atoms with E-state index in [9.17, 15) is 0 Å². The van der Waals surface area contributed by atoms with Gasteiger partial charge in [0.05, 0.1) is 0 Å². The average Bonchev–Trinajstić information content (AvgIpc) is 1.87. The van der Waals surface area contributed by atoms with Crippen LogP contribution in [-0.4, -0.2) is 31.1 Å². The highest BCUT2D eigenvalue weighted by Gasteiger charge is 2.09. The van der Waals surface area contributed by atoms with Gasteiger partial charge in [0.25, 0.3) is 0 Å². The summed E-state index contributed by atoms with van der Waals surface area (Å²) in [4.78, 5) is 2.30. The van der Waals surface area contributed by atoms with Crippen molar-refractivity contribution in [3.05, 3.63) is 0 Å². The Kier molecular flexibility index (Phi) is 5.51. The number of rotatable bonds is 5. The zero-order valence-electron chi connectivity index (χ0n) is 8.30. The molecule has 0 heterocycles. The molecule has 2 heteroatoms. The molecule has 0 radical (unpaired) electrons. The van der Waals surface area contributed by atoms with E-state index in [-0.39, 0.29) is 0 Å². The third-order valence-electron chi connectivity index (χ3n) is 1.98. The van der Waals surface area contributed by atoms with Crippen LogP contribution in [0.2, 0.25) is 0 Å². The van der Waals surface area contributed by atoms with Gasteiger partial charge in [-0.05, 0) is 25.9 Å². The molecule has 0 aliphatic rings. The first-order chi connectivity index (χ1) is 5.07. The van der Waals surface area contributed by atoms with Crippen molar-refractivity contribution in [2.24, 2.45) is 11.7 Å². The number of nitrogens with two attached hydrogens (primary N) is 1. The van der Waals surface area contributed by atoms with Crippen molar-refractivity contribution in [3.63, 3.8) is 0 Å². The fourth-order valence-electron chi connectivity index (χ4n) is 1.04. The van der Waals surface area contributed by atoms with Gasteiger partial charge in [0.1, 0.15) is 0 Å². The molecule has 1 atom stereocenters. The number of nitrogens with zero attached hydrogens (tertiary/aromatic N) is 1. The van der Waals surface area contributed by atoms with E-state index >= 15 is 0 Å². The van der Waals surface area contributed by atoms with Gasteiger partial charge >= 0.3 is 0 Å². The Bertz CT molecular complexity index is 91.6. The van der Waals surface area contributed by atoms with Gasteiger partial charge in [0.15, 0.2) is 0 Å². The van der Waals surface area contributed by atoms with E-state index in [0.29, 0.717) is 12.0 Å².